The molecule has 0 atom stereocenters. The fraction of sp³-hybridized carbons (Fsp3) is 0.200. The van der Waals surface area contributed by atoms with Crippen molar-refractivity contribution in [2.24, 2.45) is 10.2 Å². The molecule has 1 N–H and O–H groups in total. The van der Waals surface area contributed by atoms with Crippen LogP contribution in [0, 0.1) is 0 Å². The largest absolute Gasteiger partial charge is 0.491 e. The number of hydrogen-bond donors (Lipinski definition) is 1. The van der Waals surface area contributed by atoms with E-state index in [-0.39, 0.29) is 6.61 Å². The highest BCUT2D eigenvalue weighted by molar-refractivity contribution is 5.51. The van der Waals surface area contributed by atoms with Crippen molar-refractivity contribution in [1.29, 1.82) is 0 Å². The molecule has 0 saturated heterocycles. The van der Waals surface area contributed by atoms with Gasteiger partial charge < -0.3 is 9.84 Å². The number of hydrogen-bond acceptors (Lipinski definition) is 4. The van der Waals surface area contributed by atoms with Gasteiger partial charge in [0.1, 0.15) is 11.4 Å². The summed E-state index contributed by atoms with van der Waals surface area (Å²) < 4.78 is 5.55. The van der Waals surface area contributed by atoms with Crippen LogP contribution in [0.3, 0.4) is 0 Å². The smallest absolute Gasteiger partial charge is 0.146 e. The van der Waals surface area contributed by atoms with Gasteiger partial charge in [0.2, 0.25) is 0 Å². The van der Waals surface area contributed by atoms with Gasteiger partial charge in [0, 0.05) is 13.0 Å². The molecule has 0 aliphatic carbocycles. The molecule has 2 aromatic carbocycles. The van der Waals surface area contributed by atoms with E-state index in [2.05, 4.69) is 10.2 Å². The summed E-state index contributed by atoms with van der Waals surface area (Å²) in [5, 5.41) is 17.1. The quantitative estimate of drug-likeness (QED) is 0.630. The molecule has 98 valence electrons. The van der Waals surface area contributed by atoms with E-state index in [9.17, 15) is 0 Å². The van der Waals surface area contributed by atoms with E-state index in [1.807, 2.05) is 54.6 Å². The maximum Gasteiger partial charge on any atom is 0.146 e. The van der Waals surface area contributed by atoms with Gasteiger partial charge in [0.05, 0.1) is 12.3 Å². The van der Waals surface area contributed by atoms with Crippen LogP contribution in [-0.4, -0.2) is 18.3 Å². The number of para-hydroxylation sites is 1. The minimum Gasteiger partial charge on any atom is -0.491 e. The van der Waals surface area contributed by atoms with Crippen molar-refractivity contribution in [3.05, 3.63) is 54.6 Å². The third-order valence-electron chi connectivity index (χ3n) is 2.45. The van der Waals surface area contributed by atoms with Crippen LogP contribution in [0.5, 0.6) is 5.75 Å². The Hall–Kier alpha value is -2.20. The first-order valence-electron chi connectivity index (χ1n) is 6.19. The maximum absolute atomic E-state index is 8.74. The third kappa shape index (κ3) is 4.19. The molecule has 0 amide bonds. The standard InChI is InChI=1S/C15H16N2O2/c18-11-6-12-19-15-10-5-4-9-14(15)17-16-13-7-2-1-3-8-13/h1-5,7-10,18H,6,11-12H2. The lowest BCUT2D eigenvalue weighted by Crippen LogP contribution is -1.99. The Morgan fingerprint density at radius 2 is 1.63 bits per heavy atom. The average Bonchev–Trinajstić information content (AvgIpc) is 2.48. The number of rotatable bonds is 6. The van der Waals surface area contributed by atoms with E-state index in [0.29, 0.717) is 24.5 Å². The fourth-order valence-electron chi connectivity index (χ4n) is 1.51. The Kier molecular flexibility index (Phi) is 5.07. The van der Waals surface area contributed by atoms with Crippen LogP contribution in [0.15, 0.2) is 64.8 Å². The Balaban J connectivity index is 2.09. The fourth-order valence-corrected chi connectivity index (χ4v) is 1.51. The molecule has 4 nitrogen and oxygen atoms in total. The number of benzene rings is 2. The van der Waals surface area contributed by atoms with E-state index in [0.717, 1.165) is 5.69 Å². The van der Waals surface area contributed by atoms with Crippen LogP contribution in [0.4, 0.5) is 11.4 Å². The number of azo groups is 1. The van der Waals surface area contributed by atoms with E-state index in [4.69, 9.17) is 9.84 Å². The van der Waals surface area contributed by atoms with Gasteiger partial charge in [0.25, 0.3) is 0 Å². The first-order chi connectivity index (χ1) is 9.40. The predicted octanol–water partition coefficient (Wildman–Crippen LogP) is 3.86. The van der Waals surface area contributed by atoms with Crippen molar-refractivity contribution < 1.29 is 9.84 Å². The van der Waals surface area contributed by atoms with Crippen molar-refractivity contribution in [3.8, 4) is 5.75 Å². The van der Waals surface area contributed by atoms with Gasteiger partial charge in [-0.15, -0.1) is 5.11 Å². The molecule has 0 saturated carbocycles. The summed E-state index contributed by atoms with van der Waals surface area (Å²) in [4.78, 5) is 0. The average molecular weight is 256 g/mol. The van der Waals surface area contributed by atoms with E-state index in [1.54, 1.807) is 0 Å². The molecule has 0 aliphatic heterocycles. The number of aliphatic hydroxyl groups is 1. The molecule has 19 heavy (non-hydrogen) atoms. The maximum atomic E-state index is 8.74. The molecule has 2 aromatic rings. The zero-order valence-corrected chi connectivity index (χ0v) is 10.6. The van der Waals surface area contributed by atoms with Crippen molar-refractivity contribution in [2.75, 3.05) is 13.2 Å². The number of nitrogens with zero attached hydrogens (tertiary/aromatic N) is 2. The molecular formula is C15H16N2O2. The lowest BCUT2D eigenvalue weighted by atomic mass is 10.3. The van der Waals surface area contributed by atoms with Gasteiger partial charge in [-0.3, -0.25) is 0 Å². The highest BCUT2D eigenvalue weighted by atomic mass is 16.5. The van der Waals surface area contributed by atoms with Crippen LogP contribution in [-0.2, 0) is 0 Å². The molecule has 2 rings (SSSR count). The van der Waals surface area contributed by atoms with Gasteiger partial charge in [-0.2, -0.15) is 5.11 Å². The van der Waals surface area contributed by atoms with Gasteiger partial charge in [-0.25, -0.2) is 0 Å². The molecule has 0 bridgehead atoms. The molecule has 0 radical (unpaired) electrons. The van der Waals surface area contributed by atoms with Crippen LogP contribution in [0.2, 0.25) is 0 Å². The summed E-state index contributed by atoms with van der Waals surface area (Å²) in [7, 11) is 0. The minimum absolute atomic E-state index is 0.119. The van der Waals surface area contributed by atoms with Crippen LogP contribution >= 0.6 is 0 Å². The summed E-state index contributed by atoms with van der Waals surface area (Å²) in [6, 6.07) is 17.0. The summed E-state index contributed by atoms with van der Waals surface area (Å²) in [5.74, 6) is 0.677. The highest BCUT2D eigenvalue weighted by Crippen LogP contribution is 2.28. The summed E-state index contributed by atoms with van der Waals surface area (Å²) >= 11 is 0. The SMILES string of the molecule is OCCCOc1ccccc1N=Nc1ccccc1. The van der Waals surface area contributed by atoms with E-state index < -0.39 is 0 Å². The van der Waals surface area contributed by atoms with Crippen LogP contribution in [0.1, 0.15) is 6.42 Å². The predicted molar refractivity (Wildman–Crippen MR) is 74.3 cm³/mol. The normalized spacial score (nSPS) is 10.8. The number of aliphatic hydroxyl groups excluding tert-OH is 1. The van der Waals surface area contributed by atoms with Gasteiger partial charge in [0.15, 0.2) is 0 Å². The summed E-state index contributed by atoms with van der Waals surface area (Å²) in [6.07, 6.45) is 0.601. The Morgan fingerprint density at radius 3 is 2.42 bits per heavy atom. The van der Waals surface area contributed by atoms with Gasteiger partial charge in [-0.05, 0) is 24.3 Å². The first kappa shape index (κ1) is 13.2. The molecule has 0 aliphatic rings. The lowest BCUT2D eigenvalue weighted by Gasteiger charge is -2.06. The Morgan fingerprint density at radius 1 is 0.895 bits per heavy atom. The molecule has 4 heteroatoms. The summed E-state index contributed by atoms with van der Waals surface area (Å²) in [6.45, 7) is 0.585. The lowest BCUT2D eigenvalue weighted by molar-refractivity contribution is 0.234. The van der Waals surface area contributed by atoms with Gasteiger partial charge >= 0.3 is 0 Å². The van der Waals surface area contributed by atoms with Crippen molar-refractivity contribution >= 4 is 11.4 Å². The molecule has 0 spiro atoms. The zero-order valence-electron chi connectivity index (χ0n) is 10.6. The van der Waals surface area contributed by atoms with Crippen LogP contribution in [0.25, 0.3) is 0 Å². The van der Waals surface area contributed by atoms with Crippen LogP contribution < -0.4 is 4.74 Å². The third-order valence-corrected chi connectivity index (χ3v) is 2.45. The van der Waals surface area contributed by atoms with Crippen molar-refractivity contribution in [1.82, 2.24) is 0 Å². The second-order valence-corrected chi connectivity index (χ2v) is 3.93. The topological polar surface area (TPSA) is 54.2 Å². The monoisotopic (exact) mass is 256 g/mol. The van der Waals surface area contributed by atoms with E-state index >= 15 is 0 Å². The molecule has 0 unspecified atom stereocenters. The van der Waals surface area contributed by atoms with E-state index in [1.165, 1.54) is 0 Å². The number of ether oxygens (including phenoxy) is 1. The minimum atomic E-state index is 0.119. The molecule has 0 heterocycles. The van der Waals surface area contributed by atoms with Crippen molar-refractivity contribution in [3.63, 3.8) is 0 Å². The zero-order chi connectivity index (χ0) is 13.3. The molecule has 0 aromatic heterocycles. The second-order valence-electron chi connectivity index (χ2n) is 3.93. The highest BCUT2D eigenvalue weighted by Gasteiger charge is 2.01. The van der Waals surface area contributed by atoms with Crippen molar-refractivity contribution in [2.45, 2.75) is 6.42 Å². The van der Waals surface area contributed by atoms with Gasteiger partial charge in [-0.1, -0.05) is 30.3 Å². The molecular weight excluding hydrogens is 240 g/mol. The molecule has 0 fully saturated rings. The summed E-state index contributed by atoms with van der Waals surface area (Å²) in [5.41, 5.74) is 1.48. The Bertz CT molecular complexity index is 527. The second kappa shape index (κ2) is 7.28. The Labute approximate surface area is 112 Å². The first-order valence-corrected chi connectivity index (χ1v) is 6.19.